The fourth-order valence-corrected chi connectivity index (χ4v) is 6.57. The van der Waals surface area contributed by atoms with Crippen molar-refractivity contribution in [2.45, 2.75) is 24.5 Å². The highest BCUT2D eigenvalue weighted by Gasteiger charge is 2.47. The topological polar surface area (TPSA) is 279 Å². The summed E-state index contributed by atoms with van der Waals surface area (Å²) in [6.07, 6.45) is -1.44. The Morgan fingerprint density at radius 2 is 1.88 bits per heavy atom. The number of aromatic amines is 1. The summed E-state index contributed by atoms with van der Waals surface area (Å²) in [5.41, 5.74) is 4.55. The van der Waals surface area contributed by atoms with Crippen molar-refractivity contribution < 1.29 is 56.5 Å². The lowest BCUT2D eigenvalue weighted by atomic mass is 10.1. The number of phosphoric acid groups is 2. The summed E-state index contributed by atoms with van der Waals surface area (Å²) in [5.74, 6) is 1.44. The van der Waals surface area contributed by atoms with Crippen LogP contribution in [0.5, 0.6) is 0 Å². The van der Waals surface area contributed by atoms with Crippen molar-refractivity contribution in [3.05, 3.63) is 16.7 Å². The number of anilines is 1. The molecule has 0 aromatic carbocycles. The minimum Gasteiger partial charge on any atom is -0.387 e. The van der Waals surface area contributed by atoms with Gasteiger partial charge in [-0.15, -0.1) is 6.42 Å². The van der Waals surface area contributed by atoms with E-state index in [4.69, 9.17) is 16.9 Å². The smallest absolute Gasteiger partial charge is 0.387 e. The number of hydrogen-bond donors (Lipinski definition) is 7. The van der Waals surface area contributed by atoms with Gasteiger partial charge in [0.05, 0.1) is 12.9 Å². The third kappa shape index (κ3) is 5.99. The number of nitrogens with zero attached hydrogens (tertiary/aromatic N) is 3. The number of aromatic nitrogens is 4. The Kier molecular flexibility index (Phi) is 7.52. The van der Waals surface area contributed by atoms with Gasteiger partial charge in [0.1, 0.15) is 24.5 Å². The molecule has 0 amide bonds. The summed E-state index contributed by atoms with van der Waals surface area (Å²) in [6, 6.07) is 0. The number of ether oxygens (including phenoxy) is 1. The van der Waals surface area contributed by atoms with Gasteiger partial charge in [-0.2, -0.15) is 9.29 Å². The molecule has 2 aromatic rings. The van der Waals surface area contributed by atoms with Crippen molar-refractivity contribution in [1.82, 2.24) is 19.5 Å². The second kappa shape index (κ2) is 9.59. The van der Waals surface area contributed by atoms with E-state index in [9.17, 15) is 43.4 Å². The van der Waals surface area contributed by atoms with Crippen molar-refractivity contribution >= 4 is 40.4 Å². The Labute approximate surface area is 189 Å². The number of imidazole rings is 1. The van der Waals surface area contributed by atoms with Gasteiger partial charge in [0.15, 0.2) is 17.4 Å². The summed E-state index contributed by atoms with van der Waals surface area (Å²) in [5, 5.41) is 20.5. The molecule has 18 nitrogen and oxygen atoms in total. The predicted molar refractivity (Wildman–Crippen MR) is 110 cm³/mol. The van der Waals surface area contributed by atoms with E-state index in [0.29, 0.717) is 0 Å². The van der Waals surface area contributed by atoms with Gasteiger partial charge >= 0.3 is 23.2 Å². The second-order valence-electron chi connectivity index (χ2n) is 6.72. The minimum absolute atomic E-state index is 0.103. The molecule has 3 heterocycles. The maximum atomic E-state index is 12.0. The van der Waals surface area contributed by atoms with E-state index in [0.717, 1.165) is 10.9 Å². The number of terminal acetylenes is 1. The molecular formula is C13H18N5O13P3. The summed E-state index contributed by atoms with van der Waals surface area (Å²) in [6.45, 7) is -0.980. The average molecular weight is 545 g/mol. The fourth-order valence-electron chi connectivity index (χ4n) is 2.87. The van der Waals surface area contributed by atoms with Crippen LogP contribution in [0.25, 0.3) is 11.2 Å². The maximum absolute atomic E-state index is 12.0. The van der Waals surface area contributed by atoms with E-state index >= 15 is 0 Å². The molecule has 1 aliphatic rings. The standard InChI is InChI=1S/C13H18N5O13P3/c1-2-3-32(22,23)30-34(26,27)31-33(24,25)28-4-6-8(19)9(20)12(29-6)18-5-15-7-10(18)16-13(14)17-11(7)21/h1,5-6,8-9,12,19-20H,3-4H2,(H,22,23)(H,24,25)(H,26,27)(H3,14,16,17,21)/t6-,8?,9?,12-/m1/s1. The van der Waals surface area contributed by atoms with Gasteiger partial charge in [-0.25, -0.2) is 18.4 Å². The number of nitrogens with one attached hydrogen (secondary N) is 1. The van der Waals surface area contributed by atoms with E-state index in [1.165, 1.54) is 0 Å². The summed E-state index contributed by atoms with van der Waals surface area (Å²) in [4.78, 5) is 50.2. The minimum atomic E-state index is -5.61. The number of aliphatic hydroxyl groups is 2. The van der Waals surface area contributed by atoms with Crippen LogP contribution in [-0.2, 0) is 31.6 Å². The molecule has 0 saturated carbocycles. The molecule has 0 bridgehead atoms. The zero-order valence-electron chi connectivity index (χ0n) is 16.6. The van der Waals surface area contributed by atoms with E-state index in [1.54, 1.807) is 5.92 Å². The number of phosphoric ester groups is 1. The zero-order chi connectivity index (χ0) is 25.5. The Hall–Kier alpha value is -1.96. The molecule has 8 N–H and O–H groups in total. The third-order valence-corrected chi connectivity index (χ3v) is 8.75. The maximum Gasteiger partial charge on any atom is 0.488 e. The van der Waals surface area contributed by atoms with Gasteiger partial charge in [-0.3, -0.25) is 23.4 Å². The zero-order valence-corrected chi connectivity index (χ0v) is 19.3. The van der Waals surface area contributed by atoms with E-state index in [1.807, 2.05) is 0 Å². The van der Waals surface area contributed by atoms with Crippen LogP contribution in [0.3, 0.4) is 0 Å². The molecule has 7 atom stereocenters. The molecule has 5 unspecified atom stereocenters. The molecule has 0 spiro atoms. The highest BCUT2D eigenvalue weighted by Crippen LogP contribution is 2.67. The molecule has 1 aliphatic heterocycles. The first kappa shape index (κ1) is 26.6. The van der Waals surface area contributed by atoms with Gasteiger partial charge in [-0.05, 0) is 0 Å². The van der Waals surface area contributed by atoms with Crippen molar-refractivity contribution in [2.75, 3.05) is 18.5 Å². The first-order chi connectivity index (χ1) is 15.6. The van der Waals surface area contributed by atoms with Crippen LogP contribution in [-0.4, -0.2) is 75.5 Å². The number of hydrogen-bond acceptors (Lipinski definition) is 13. The number of nitrogen functional groups attached to an aromatic ring is 1. The lowest BCUT2D eigenvalue weighted by Crippen LogP contribution is -2.33. The highest BCUT2D eigenvalue weighted by molar-refractivity contribution is 7.68. The van der Waals surface area contributed by atoms with Crippen molar-refractivity contribution in [2.24, 2.45) is 0 Å². The fraction of sp³-hybridized carbons (Fsp3) is 0.462. The van der Waals surface area contributed by atoms with Crippen molar-refractivity contribution in [1.29, 1.82) is 0 Å². The second-order valence-corrected chi connectivity index (χ2v) is 11.7. The molecular weight excluding hydrogens is 527 g/mol. The average Bonchev–Trinajstić information content (AvgIpc) is 3.20. The van der Waals surface area contributed by atoms with E-state index in [-0.39, 0.29) is 17.1 Å². The molecule has 0 radical (unpaired) electrons. The van der Waals surface area contributed by atoms with E-state index in [2.05, 4.69) is 28.1 Å². The molecule has 0 aliphatic carbocycles. The molecule has 1 saturated heterocycles. The number of H-pyrrole nitrogens is 1. The first-order valence-corrected chi connectivity index (χ1v) is 13.6. The lowest BCUT2D eigenvalue weighted by molar-refractivity contribution is -0.0503. The Bertz CT molecular complexity index is 1320. The van der Waals surface area contributed by atoms with Gasteiger partial charge in [0.2, 0.25) is 5.95 Å². The van der Waals surface area contributed by atoms with Crippen LogP contribution in [0.15, 0.2) is 11.1 Å². The highest BCUT2D eigenvalue weighted by atomic mass is 31.3. The van der Waals surface area contributed by atoms with Crippen LogP contribution >= 0.6 is 23.2 Å². The lowest BCUT2D eigenvalue weighted by Gasteiger charge is -2.20. The molecule has 34 heavy (non-hydrogen) atoms. The molecule has 21 heteroatoms. The summed E-state index contributed by atoms with van der Waals surface area (Å²) < 4.78 is 54.0. The van der Waals surface area contributed by atoms with Crippen molar-refractivity contribution in [3.8, 4) is 12.3 Å². The predicted octanol–water partition coefficient (Wildman–Crippen LogP) is -1.61. The van der Waals surface area contributed by atoms with Crippen LogP contribution in [0.4, 0.5) is 5.95 Å². The van der Waals surface area contributed by atoms with Gasteiger partial charge < -0.3 is 35.4 Å². The van der Waals surface area contributed by atoms with Gasteiger partial charge in [0, 0.05) is 0 Å². The number of aliphatic hydroxyl groups excluding tert-OH is 2. The van der Waals surface area contributed by atoms with Crippen LogP contribution < -0.4 is 11.3 Å². The van der Waals surface area contributed by atoms with Gasteiger partial charge in [-0.1, -0.05) is 5.92 Å². The number of rotatable bonds is 9. The van der Waals surface area contributed by atoms with Crippen LogP contribution in [0.2, 0.25) is 0 Å². The molecule has 1 fully saturated rings. The van der Waals surface area contributed by atoms with Crippen molar-refractivity contribution in [3.63, 3.8) is 0 Å². The number of nitrogens with two attached hydrogens (primary N) is 1. The van der Waals surface area contributed by atoms with Gasteiger partial charge in [0.25, 0.3) is 5.56 Å². The monoisotopic (exact) mass is 545 g/mol. The van der Waals surface area contributed by atoms with Crippen LogP contribution in [0.1, 0.15) is 6.23 Å². The third-order valence-electron chi connectivity index (χ3n) is 4.19. The van der Waals surface area contributed by atoms with Crippen LogP contribution in [0, 0.1) is 12.3 Å². The summed E-state index contributed by atoms with van der Waals surface area (Å²) >= 11 is 0. The molecule has 2 aromatic heterocycles. The number of fused-ring (bicyclic) bond motifs is 1. The first-order valence-electron chi connectivity index (χ1n) is 8.87. The quantitative estimate of drug-likeness (QED) is 0.138. The largest absolute Gasteiger partial charge is 0.488 e. The Morgan fingerprint density at radius 1 is 1.21 bits per heavy atom. The summed E-state index contributed by atoms with van der Waals surface area (Å²) in [7, 11) is -15.9. The molecule has 188 valence electrons. The Morgan fingerprint density at radius 3 is 2.53 bits per heavy atom. The normalized spacial score (nSPS) is 28.1. The SMILES string of the molecule is C#CCP(=O)(O)OP(=O)(O)OP(=O)(O)OC[C@H]1O[C@@H](n2cnc3c(=O)[nH]c(N)nc32)C(O)C1O. The van der Waals surface area contributed by atoms with E-state index < -0.39 is 66.1 Å². The Balaban J connectivity index is 1.70. The molecule has 3 rings (SSSR count).